The van der Waals surface area contributed by atoms with Gasteiger partial charge in [0.1, 0.15) is 5.82 Å². The summed E-state index contributed by atoms with van der Waals surface area (Å²) in [6.45, 7) is 3.97. The number of aryl methyl sites for hydroxylation is 2. The molecular weight excluding hydrogens is 387 g/mol. The van der Waals surface area contributed by atoms with E-state index in [0.717, 1.165) is 46.7 Å². The van der Waals surface area contributed by atoms with E-state index in [2.05, 4.69) is 15.5 Å². The number of nitrogens with one attached hydrogen (secondary N) is 1. The molecule has 3 aromatic rings. The van der Waals surface area contributed by atoms with E-state index in [4.69, 9.17) is 4.42 Å². The number of benzene rings is 2. The number of hydrogen-bond acceptors (Lipinski definition) is 7. The molecule has 0 unspecified atom stereocenters. The molecule has 10 heteroatoms. The number of thioether (sulfide) groups is 1. The smallest absolute Gasteiger partial charge is 0.277 e. The molecule has 0 saturated heterocycles. The summed E-state index contributed by atoms with van der Waals surface area (Å²) in [5.41, 5.74) is 2.41. The van der Waals surface area contributed by atoms with E-state index in [1.807, 2.05) is 32.0 Å². The Hall–Kier alpha value is -3.27. The Kier molecular flexibility index (Phi) is 5.69. The summed E-state index contributed by atoms with van der Waals surface area (Å²) in [6, 6.07) is 8.64. The van der Waals surface area contributed by atoms with Gasteiger partial charge in [0, 0.05) is 17.7 Å². The Balaban J connectivity index is 1.62. The Labute approximate surface area is 163 Å². The van der Waals surface area contributed by atoms with Crippen LogP contribution in [0.15, 0.2) is 46.0 Å². The van der Waals surface area contributed by atoms with E-state index in [0.29, 0.717) is 5.89 Å². The van der Waals surface area contributed by atoms with Crippen LogP contribution in [0.25, 0.3) is 11.5 Å². The van der Waals surface area contributed by atoms with Gasteiger partial charge in [-0.05, 0) is 43.2 Å². The summed E-state index contributed by atoms with van der Waals surface area (Å²) < 4.78 is 19.3. The second-order valence-corrected chi connectivity index (χ2v) is 6.86. The average molecular weight is 402 g/mol. The number of amides is 1. The van der Waals surface area contributed by atoms with Crippen LogP contribution in [0.4, 0.5) is 15.8 Å². The first kappa shape index (κ1) is 19.5. The number of nitro groups is 1. The lowest BCUT2D eigenvalue weighted by Crippen LogP contribution is -2.15. The molecule has 1 N–H and O–H groups in total. The second kappa shape index (κ2) is 8.17. The Morgan fingerprint density at radius 2 is 2.00 bits per heavy atom. The number of nitro benzene ring substituents is 1. The Morgan fingerprint density at radius 1 is 1.21 bits per heavy atom. The van der Waals surface area contributed by atoms with Gasteiger partial charge in [0.25, 0.3) is 10.9 Å². The lowest BCUT2D eigenvalue weighted by atomic mass is 10.1. The molecular formula is C18H15FN4O4S. The number of hydrogen-bond donors (Lipinski definition) is 1. The highest BCUT2D eigenvalue weighted by Gasteiger charge is 2.15. The SMILES string of the molecule is Cc1ccc(-c2nnc(SCC(=O)Nc3cc([N+](=O)[O-])ccc3F)o2)cc1C. The van der Waals surface area contributed by atoms with Gasteiger partial charge in [0.2, 0.25) is 11.8 Å². The zero-order chi connectivity index (χ0) is 20.3. The van der Waals surface area contributed by atoms with Crippen molar-refractivity contribution >= 4 is 29.0 Å². The summed E-state index contributed by atoms with van der Waals surface area (Å²) in [7, 11) is 0. The predicted molar refractivity (Wildman–Crippen MR) is 102 cm³/mol. The number of rotatable bonds is 6. The minimum absolute atomic E-state index is 0.128. The third-order valence-electron chi connectivity index (χ3n) is 3.92. The Morgan fingerprint density at radius 3 is 2.71 bits per heavy atom. The lowest BCUT2D eigenvalue weighted by Gasteiger charge is -2.05. The van der Waals surface area contributed by atoms with Crippen LogP contribution in [0.3, 0.4) is 0 Å². The molecule has 0 saturated carbocycles. The normalized spacial score (nSPS) is 10.7. The minimum Gasteiger partial charge on any atom is -0.411 e. The monoisotopic (exact) mass is 402 g/mol. The van der Waals surface area contributed by atoms with Gasteiger partial charge in [0.15, 0.2) is 0 Å². The fraction of sp³-hybridized carbons (Fsp3) is 0.167. The number of nitrogens with zero attached hydrogens (tertiary/aromatic N) is 3. The molecule has 8 nitrogen and oxygen atoms in total. The van der Waals surface area contributed by atoms with Crippen LogP contribution in [0.5, 0.6) is 0 Å². The fourth-order valence-electron chi connectivity index (χ4n) is 2.30. The molecule has 1 aromatic heterocycles. The van der Waals surface area contributed by atoms with Gasteiger partial charge in [-0.2, -0.15) is 0 Å². The maximum absolute atomic E-state index is 13.7. The third kappa shape index (κ3) is 4.52. The van der Waals surface area contributed by atoms with E-state index >= 15 is 0 Å². The minimum atomic E-state index is -0.765. The van der Waals surface area contributed by atoms with Crippen LogP contribution in [-0.4, -0.2) is 26.8 Å². The van der Waals surface area contributed by atoms with Crippen LogP contribution in [0, 0.1) is 29.8 Å². The van der Waals surface area contributed by atoms with Gasteiger partial charge in [-0.25, -0.2) is 4.39 Å². The van der Waals surface area contributed by atoms with Crippen molar-refractivity contribution in [2.75, 3.05) is 11.1 Å². The highest BCUT2D eigenvalue weighted by atomic mass is 32.2. The van der Waals surface area contributed by atoms with E-state index in [-0.39, 0.29) is 22.4 Å². The van der Waals surface area contributed by atoms with Gasteiger partial charge in [0.05, 0.1) is 16.4 Å². The van der Waals surface area contributed by atoms with Gasteiger partial charge in [-0.1, -0.05) is 17.8 Å². The summed E-state index contributed by atoms with van der Waals surface area (Å²) in [5, 5.41) is 21.1. The van der Waals surface area contributed by atoms with Crippen molar-refractivity contribution in [1.29, 1.82) is 0 Å². The van der Waals surface area contributed by atoms with Crippen LogP contribution in [0.1, 0.15) is 11.1 Å². The van der Waals surface area contributed by atoms with Crippen molar-refractivity contribution in [3.8, 4) is 11.5 Å². The molecule has 0 atom stereocenters. The number of carbonyl (C=O) groups excluding carboxylic acids is 1. The molecule has 2 aromatic carbocycles. The number of aromatic nitrogens is 2. The summed E-state index contributed by atoms with van der Waals surface area (Å²) in [6.07, 6.45) is 0. The first-order chi connectivity index (χ1) is 13.3. The number of anilines is 1. The summed E-state index contributed by atoms with van der Waals surface area (Å²) >= 11 is 0.978. The summed E-state index contributed by atoms with van der Waals surface area (Å²) in [4.78, 5) is 22.1. The van der Waals surface area contributed by atoms with E-state index < -0.39 is 16.6 Å². The molecule has 0 spiro atoms. The molecule has 0 fully saturated rings. The van der Waals surface area contributed by atoms with Crippen molar-refractivity contribution in [2.24, 2.45) is 0 Å². The van der Waals surface area contributed by atoms with Crippen LogP contribution >= 0.6 is 11.8 Å². The second-order valence-electron chi connectivity index (χ2n) is 5.93. The largest absolute Gasteiger partial charge is 0.411 e. The van der Waals surface area contributed by atoms with Gasteiger partial charge in [-0.15, -0.1) is 10.2 Å². The molecule has 0 bridgehead atoms. The molecule has 1 heterocycles. The maximum Gasteiger partial charge on any atom is 0.277 e. The van der Waals surface area contributed by atoms with Crippen molar-refractivity contribution in [1.82, 2.24) is 10.2 Å². The van der Waals surface area contributed by atoms with Crippen LogP contribution < -0.4 is 5.32 Å². The van der Waals surface area contributed by atoms with Crippen molar-refractivity contribution in [3.63, 3.8) is 0 Å². The zero-order valence-corrected chi connectivity index (χ0v) is 15.7. The number of carbonyl (C=O) groups is 1. The van der Waals surface area contributed by atoms with Crippen LogP contribution in [0.2, 0.25) is 0 Å². The van der Waals surface area contributed by atoms with Gasteiger partial charge < -0.3 is 9.73 Å². The average Bonchev–Trinajstić information content (AvgIpc) is 3.13. The van der Waals surface area contributed by atoms with Crippen molar-refractivity contribution < 1.29 is 18.5 Å². The highest BCUT2D eigenvalue weighted by Crippen LogP contribution is 2.25. The molecule has 144 valence electrons. The molecule has 0 aliphatic rings. The van der Waals surface area contributed by atoms with Crippen molar-refractivity contribution in [2.45, 2.75) is 19.1 Å². The van der Waals surface area contributed by atoms with Crippen LogP contribution in [-0.2, 0) is 4.79 Å². The number of non-ortho nitro benzene ring substituents is 1. The standard InChI is InChI=1S/C18H15FN4O4S/c1-10-3-4-12(7-11(10)2)17-21-22-18(27-17)28-9-16(24)20-15-8-13(23(25)26)5-6-14(15)19/h3-8H,9H2,1-2H3,(H,20,24). The fourth-order valence-corrected chi connectivity index (χ4v) is 2.86. The maximum atomic E-state index is 13.7. The third-order valence-corrected chi connectivity index (χ3v) is 4.74. The molecule has 0 aliphatic heterocycles. The van der Waals surface area contributed by atoms with Crippen molar-refractivity contribution in [3.05, 3.63) is 63.5 Å². The molecule has 3 rings (SSSR count). The van der Waals surface area contributed by atoms with Gasteiger partial charge >= 0.3 is 0 Å². The zero-order valence-electron chi connectivity index (χ0n) is 14.9. The first-order valence-electron chi connectivity index (χ1n) is 8.11. The number of halogens is 1. The van der Waals surface area contributed by atoms with E-state index in [1.54, 1.807) is 0 Å². The predicted octanol–water partition coefficient (Wildman–Crippen LogP) is 4.13. The topological polar surface area (TPSA) is 111 Å². The molecule has 0 radical (unpaired) electrons. The quantitative estimate of drug-likeness (QED) is 0.375. The van der Waals surface area contributed by atoms with E-state index in [1.165, 1.54) is 0 Å². The van der Waals surface area contributed by atoms with Gasteiger partial charge in [-0.3, -0.25) is 14.9 Å². The van der Waals surface area contributed by atoms with E-state index in [9.17, 15) is 19.3 Å². The molecule has 28 heavy (non-hydrogen) atoms. The highest BCUT2D eigenvalue weighted by molar-refractivity contribution is 7.99. The first-order valence-corrected chi connectivity index (χ1v) is 9.10. The molecule has 0 aliphatic carbocycles. The Bertz CT molecular complexity index is 1050. The molecule has 1 amide bonds. The lowest BCUT2D eigenvalue weighted by molar-refractivity contribution is -0.384. The summed E-state index contributed by atoms with van der Waals surface area (Å²) in [5.74, 6) is -1.12.